The van der Waals surface area contributed by atoms with E-state index in [1.807, 2.05) is 0 Å². The summed E-state index contributed by atoms with van der Waals surface area (Å²) in [5.41, 5.74) is 0.349. The molecule has 0 saturated heterocycles. The number of esters is 1. The van der Waals surface area contributed by atoms with Gasteiger partial charge in [-0.05, 0) is 31.0 Å². The number of benzene rings is 1. The molecule has 1 N–H and O–H groups in total. The van der Waals surface area contributed by atoms with Crippen LogP contribution in [0.15, 0.2) is 24.3 Å². The summed E-state index contributed by atoms with van der Waals surface area (Å²) in [6.45, 7) is -0.328. The number of hydrogen-bond donors (Lipinski definition) is 1. The van der Waals surface area contributed by atoms with Gasteiger partial charge < -0.3 is 10.1 Å². The lowest BCUT2D eigenvalue weighted by molar-refractivity contribution is -0.151. The first kappa shape index (κ1) is 13.5. The number of ether oxygens (including phenoxy) is 1. The lowest BCUT2D eigenvalue weighted by Gasteiger charge is -2.09. The van der Waals surface area contributed by atoms with Crippen LogP contribution in [0.1, 0.15) is 25.7 Å². The predicted molar refractivity (Wildman–Crippen MR) is 67.9 cm³/mol. The highest BCUT2D eigenvalue weighted by molar-refractivity contribution is 5.92. The Morgan fingerprint density at radius 1 is 1.32 bits per heavy atom. The molecule has 0 unspecified atom stereocenters. The Balaban J connectivity index is 1.76. The molecule has 0 aliphatic heterocycles. The maximum Gasteiger partial charge on any atom is 0.309 e. The molecule has 1 aromatic carbocycles. The number of nitrogens with one attached hydrogen (secondary N) is 1. The van der Waals surface area contributed by atoms with E-state index < -0.39 is 11.7 Å². The summed E-state index contributed by atoms with van der Waals surface area (Å²) in [4.78, 5) is 23.1. The van der Waals surface area contributed by atoms with E-state index in [0.717, 1.165) is 25.7 Å². The third kappa shape index (κ3) is 4.05. The fourth-order valence-corrected chi connectivity index (χ4v) is 2.18. The predicted octanol–water partition coefficient (Wildman–Crippen LogP) is 2.50. The molecule has 0 atom stereocenters. The summed E-state index contributed by atoms with van der Waals surface area (Å²) in [6.07, 6.45) is 3.75. The fraction of sp³-hybridized carbons (Fsp3) is 0.429. The SMILES string of the molecule is O=C(COC(=O)C1CCCC1)Nc1cccc(F)c1. The molecule has 1 aliphatic rings. The minimum absolute atomic E-state index is 0.0676. The van der Waals surface area contributed by atoms with Gasteiger partial charge in [-0.15, -0.1) is 0 Å². The van der Waals surface area contributed by atoms with Crippen LogP contribution in [0.2, 0.25) is 0 Å². The van der Waals surface area contributed by atoms with Gasteiger partial charge in [0.25, 0.3) is 5.91 Å². The second-order valence-electron chi connectivity index (χ2n) is 4.65. The molecule has 0 bridgehead atoms. The standard InChI is InChI=1S/C14H16FNO3/c15-11-6-3-7-12(8-11)16-13(17)9-19-14(18)10-4-1-2-5-10/h3,6-8,10H,1-2,4-5,9H2,(H,16,17). The van der Waals surface area contributed by atoms with Crippen LogP contribution in [-0.2, 0) is 14.3 Å². The second kappa shape index (κ2) is 6.31. The highest BCUT2D eigenvalue weighted by Crippen LogP contribution is 2.25. The Bertz CT molecular complexity index is 470. The molecule has 19 heavy (non-hydrogen) atoms. The van der Waals surface area contributed by atoms with Gasteiger partial charge >= 0.3 is 5.97 Å². The summed E-state index contributed by atoms with van der Waals surface area (Å²) in [6, 6.07) is 5.56. The van der Waals surface area contributed by atoms with Crippen LogP contribution >= 0.6 is 0 Å². The third-order valence-electron chi connectivity index (χ3n) is 3.14. The first-order chi connectivity index (χ1) is 9.15. The van der Waals surface area contributed by atoms with Crippen LogP contribution in [0.4, 0.5) is 10.1 Å². The van der Waals surface area contributed by atoms with Gasteiger partial charge in [0.15, 0.2) is 6.61 Å². The minimum Gasteiger partial charge on any atom is -0.455 e. The average Bonchev–Trinajstić information content (AvgIpc) is 2.90. The fourth-order valence-electron chi connectivity index (χ4n) is 2.18. The van der Waals surface area contributed by atoms with Crippen LogP contribution in [0.3, 0.4) is 0 Å². The van der Waals surface area contributed by atoms with Gasteiger partial charge in [0.1, 0.15) is 5.82 Å². The molecule has 2 rings (SSSR count). The lowest BCUT2D eigenvalue weighted by atomic mass is 10.1. The summed E-state index contributed by atoms with van der Waals surface area (Å²) in [5, 5.41) is 2.47. The van der Waals surface area contributed by atoms with Gasteiger partial charge in [0, 0.05) is 5.69 Å². The van der Waals surface area contributed by atoms with Crippen molar-refractivity contribution in [1.82, 2.24) is 0 Å². The topological polar surface area (TPSA) is 55.4 Å². The van der Waals surface area contributed by atoms with Gasteiger partial charge in [0.2, 0.25) is 0 Å². The molecular formula is C14H16FNO3. The summed E-state index contributed by atoms with van der Waals surface area (Å²) in [7, 11) is 0. The Labute approximate surface area is 110 Å². The molecule has 1 aromatic rings. The first-order valence-corrected chi connectivity index (χ1v) is 6.37. The normalized spacial score (nSPS) is 15.2. The summed E-state index contributed by atoms with van der Waals surface area (Å²) in [5.74, 6) is -1.27. The second-order valence-corrected chi connectivity index (χ2v) is 4.65. The Morgan fingerprint density at radius 2 is 2.05 bits per heavy atom. The smallest absolute Gasteiger partial charge is 0.309 e. The molecule has 1 saturated carbocycles. The Hall–Kier alpha value is -1.91. The van der Waals surface area contributed by atoms with Crippen LogP contribution in [0.25, 0.3) is 0 Å². The third-order valence-corrected chi connectivity index (χ3v) is 3.14. The van der Waals surface area contributed by atoms with Crippen LogP contribution in [-0.4, -0.2) is 18.5 Å². The number of carbonyl (C=O) groups excluding carboxylic acids is 2. The highest BCUT2D eigenvalue weighted by atomic mass is 19.1. The molecule has 4 nitrogen and oxygen atoms in total. The molecule has 0 aromatic heterocycles. The molecule has 1 aliphatic carbocycles. The van der Waals surface area contributed by atoms with Crippen molar-refractivity contribution in [2.45, 2.75) is 25.7 Å². The highest BCUT2D eigenvalue weighted by Gasteiger charge is 2.24. The molecule has 102 valence electrons. The molecule has 1 amide bonds. The molecular weight excluding hydrogens is 249 g/mol. The number of anilines is 1. The van der Waals surface area contributed by atoms with Crippen LogP contribution in [0, 0.1) is 11.7 Å². The van der Waals surface area contributed by atoms with Crippen molar-refractivity contribution in [3.8, 4) is 0 Å². The van der Waals surface area contributed by atoms with Crippen molar-refractivity contribution in [3.63, 3.8) is 0 Å². The van der Waals surface area contributed by atoms with Crippen molar-refractivity contribution in [2.75, 3.05) is 11.9 Å². The van der Waals surface area contributed by atoms with Gasteiger partial charge in [-0.3, -0.25) is 9.59 Å². The van der Waals surface area contributed by atoms with Crippen molar-refractivity contribution in [1.29, 1.82) is 0 Å². The number of carbonyl (C=O) groups is 2. The van der Waals surface area contributed by atoms with E-state index >= 15 is 0 Å². The van der Waals surface area contributed by atoms with E-state index in [0.29, 0.717) is 5.69 Å². The molecule has 0 heterocycles. The lowest BCUT2D eigenvalue weighted by Crippen LogP contribution is -2.23. The van der Waals surface area contributed by atoms with E-state index in [4.69, 9.17) is 4.74 Å². The van der Waals surface area contributed by atoms with E-state index in [-0.39, 0.29) is 18.5 Å². The van der Waals surface area contributed by atoms with Crippen LogP contribution < -0.4 is 5.32 Å². The summed E-state index contributed by atoms with van der Waals surface area (Å²) >= 11 is 0. The maximum atomic E-state index is 12.9. The maximum absolute atomic E-state index is 12.9. The van der Waals surface area contributed by atoms with Gasteiger partial charge in [-0.25, -0.2) is 4.39 Å². The molecule has 0 spiro atoms. The zero-order valence-electron chi connectivity index (χ0n) is 10.5. The van der Waals surface area contributed by atoms with Gasteiger partial charge in [-0.1, -0.05) is 18.9 Å². The number of amides is 1. The van der Waals surface area contributed by atoms with Crippen molar-refractivity contribution in [2.24, 2.45) is 5.92 Å². The van der Waals surface area contributed by atoms with Crippen molar-refractivity contribution >= 4 is 17.6 Å². The van der Waals surface area contributed by atoms with Crippen molar-refractivity contribution in [3.05, 3.63) is 30.1 Å². The molecule has 0 radical (unpaired) electrons. The molecule has 5 heteroatoms. The number of rotatable bonds is 4. The number of hydrogen-bond acceptors (Lipinski definition) is 3. The van der Waals surface area contributed by atoms with Gasteiger partial charge in [-0.2, -0.15) is 0 Å². The monoisotopic (exact) mass is 265 g/mol. The van der Waals surface area contributed by atoms with Crippen molar-refractivity contribution < 1.29 is 18.7 Å². The zero-order chi connectivity index (χ0) is 13.7. The Morgan fingerprint density at radius 3 is 2.74 bits per heavy atom. The van der Waals surface area contributed by atoms with E-state index in [1.165, 1.54) is 18.2 Å². The molecule has 1 fully saturated rings. The van der Waals surface area contributed by atoms with Gasteiger partial charge in [0.05, 0.1) is 5.92 Å². The largest absolute Gasteiger partial charge is 0.455 e. The summed E-state index contributed by atoms with van der Waals surface area (Å²) < 4.78 is 17.8. The first-order valence-electron chi connectivity index (χ1n) is 6.37. The minimum atomic E-state index is -0.461. The number of halogens is 1. The quantitative estimate of drug-likeness (QED) is 0.851. The average molecular weight is 265 g/mol. The van der Waals surface area contributed by atoms with E-state index in [1.54, 1.807) is 6.07 Å². The zero-order valence-corrected chi connectivity index (χ0v) is 10.5. The Kier molecular flexibility index (Phi) is 4.49. The van der Waals surface area contributed by atoms with Crippen LogP contribution in [0.5, 0.6) is 0 Å². The van der Waals surface area contributed by atoms with E-state index in [9.17, 15) is 14.0 Å². The van der Waals surface area contributed by atoms with E-state index in [2.05, 4.69) is 5.32 Å².